The molecule has 0 aromatic heterocycles. The molecule has 3 heteroatoms. The largest absolute Gasteiger partial charge is 0.508 e. The molecule has 17 heavy (non-hydrogen) atoms. The molecule has 0 aliphatic carbocycles. The monoisotopic (exact) mass is 236 g/mol. The van der Waals surface area contributed by atoms with Crippen LogP contribution >= 0.6 is 0 Å². The molecule has 2 rings (SSSR count). The van der Waals surface area contributed by atoms with Crippen molar-refractivity contribution in [3.8, 4) is 5.75 Å². The van der Waals surface area contributed by atoms with E-state index in [4.69, 9.17) is 9.47 Å². The van der Waals surface area contributed by atoms with E-state index in [-0.39, 0.29) is 24.2 Å². The molecule has 3 nitrogen and oxygen atoms in total. The number of hydrogen-bond acceptors (Lipinski definition) is 3. The van der Waals surface area contributed by atoms with E-state index in [9.17, 15) is 5.11 Å². The molecule has 1 aliphatic rings. The number of ether oxygens (including phenoxy) is 2. The fraction of sp³-hybridized carbons (Fsp3) is 0.571. The summed E-state index contributed by atoms with van der Waals surface area (Å²) in [5.74, 6) is 0.267. The predicted molar refractivity (Wildman–Crippen MR) is 65.8 cm³/mol. The van der Waals surface area contributed by atoms with Crippen molar-refractivity contribution >= 4 is 0 Å². The smallest absolute Gasteiger partial charge is 0.184 e. The van der Waals surface area contributed by atoms with Gasteiger partial charge in [-0.15, -0.1) is 0 Å². The Bertz CT molecular complexity index is 335. The summed E-state index contributed by atoms with van der Waals surface area (Å²) in [5, 5.41) is 9.27. The summed E-state index contributed by atoms with van der Waals surface area (Å²) < 4.78 is 11.8. The van der Waals surface area contributed by atoms with Gasteiger partial charge in [0.25, 0.3) is 0 Å². The van der Waals surface area contributed by atoms with Crippen LogP contribution in [0.15, 0.2) is 24.3 Å². The highest BCUT2D eigenvalue weighted by molar-refractivity contribution is 5.26. The molecule has 1 aromatic carbocycles. The van der Waals surface area contributed by atoms with Gasteiger partial charge in [0, 0.05) is 12.0 Å². The maximum atomic E-state index is 9.27. The molecule has 2 unspecified atom stereocenters. The molecule has 1 heterocycles. The quantitative estimate of drug-likeness (QED) is 0.874. The number of aromatic hydroxyl groups is 1. The van der Waals surface area contributed by atoms with Crippen LogP contribution < -0.4 is 0 Å². The third-order valence-corrected chi connectivity index (χ3v) is 3.23. The lowest BCUT2D eigenvalue weighted by molar-refractivity contribution is -0.248. The number of rotatable bonds is 3. The van der Waals surface area contributed by atoms with Crippen LogP contribution in [0.5, 0.6) is 5.75 Å². The zero-order valence-corrected chi connectivity index (χ0v) is 10.4. The first-order valence-corrected chi connectivity index (χ1v) is 6.32. The number of benzene rings is 1. The SMILES string of the molecule is CCC1CC(CC)OC(c2ccc(O)cc2)O1. The van der Waals surface area contributed by atoms with Gasteiger partial charge < -0.3 is 14.6 Å². The van der Waals surface area contributed by atoms with E-state index in [0.717, 1.165) is 24.8 Å². The minimum atomic E-state index is -0.292. The van der Waals surface area contributed by atoms with Crippen molar-refractivity contribution in [2.75, 3.05) is 0 Å². The molecule has 1 aliphatic heterocycles. The van der Waals surface area contributed by atoms with Crippen LogP contribution in [-0.2, 0) is 9.47 Å². The molecular formula is C14H20O3. The van der Waals surface area contributed by atoms with E-state index in [1.54, 1.807) is 12.1 Å². The third kappa shape index (κ3) is 2.99. The van der Waals surface area contributed by atoms with Gasteiger partial charge in [0.15, 0.2) is 6.29 Å². The van der Waals surface area contributed by atoms with Gasteiger partial charge in [-0.3, -0.25) is 0 Å². The lowest BCUT2D eigenvalue weighted by Crippen LogP contribution is -2.33. The first kappa shape index (κ1) is 12.4. The molecule has 0 radical (unpaired) electrons. The van der Waals surface area contributed by atoms with Gasteiger partial charge in [0.2, 0.25) is 0 Å². The Balaban J connectivity index is 2.11. The zero-order chi connectivity index (χ0) is 12.3. The molecule has 1 N–H and O–H groups in total. The molecule has 1 saturated heterocycles. The van der Waals surface area contributed by atoms with Crippen molar-refractivity contribution in [2.24, 2.45) is 0 Å². The number of phenolic OH excluding ortho intramolecular Hbond substituents is 1. The summed E-state index contributed by atoms with van der Waals surface area (Å²) in [4.78, 5) is 0. The Kier molecular flexibility index (Phi) is 4.02. The van der Waals surface area contributed by atoms with Crippen LogP contribution in [-0.4, -0.2) is 17.3 Å². The van der Waals surface area contributed by atoms with Crippen LogP contribution in [0.2, 0.25) is 0 Å². The van der Waals surface area contributed by atoms with E-state index in [1.807, 2.05) is 12.1 Å². The first-order chi connectivity index (χ1) is 8.22. The second-order valence-corrected chi connectivity index (χ2v) is 4.49. The van der Waals surface area contributed by atoms with Crippen LogP contribution in [0.25, 0.3) is 0 Å². The minimum Gasteiger partial charge on any atom is -0.508 e. The lowest BCUT2D eigenvalue weighted by Gasteiger charge is -2.35. The van der Waals surface area contributed by atoms with Gasteiger partial charge in [0.1, 0.15) is 5.75 Å². The third-order valence-electron chi connectivity index (χ3n) is 3.23. The van der Waals surface area contributed by atoms with Gasteiger partial charge in [-0.2, -0.15) is 0 Å². The van der Waals surface area contributed by atoms with Crippen molar-refractivity contribution in [3.63, 3.8) is 0 Å². The van der Waals surface area contributed by atoms with Crippen LogP contribution in [0, 0.1) is 0 Å². The Morgan fingerprint density at radius 2 is 1.59 bits per heavy atom. The van der Waals surface area contributed by atoms with Crippen molar-refractivity contribution < 1.29 is 14.6 Å². The standard InChI is InChI=1S/C14H20O3/c1-3-12-9-13(4-2)17-14(16-12)10-5-7-11(15)8-6-10/h5-8,12-15H,3-4,9H2,1-2H3. The van der Waals surface area contributed by atoms with Crippen molar-refractivity contribution in [1.29, 1.82) is 0 Å². The number of phenols is 1. The maximum Gasteiger partial charge on any atom is 0.184 e. The van der Waals surface area contributed by atoms with Crippen LogP contribution in [0.4, 0.5) is 0 Å². The van der Waals surface area contributed by atoms with E-state index in [1.165, 1.54) is 0 Å². The molecule has 94 valence electrons. The van der Waals surface area contributed by atoms with Crippen molar-refractivity contribution in [2.45, 2.75) is 51.6 Å². The molecule has 1 aromatic rings. The van der Waals surface area contributed by atoms with Gasteiger partial charge in [0.05, 0.1) is 12.2 Å². The van der Waals surface area contributed by atoms with E-state index < -0.39 is 0 Å². The highest BCUT2D eigenvalue weighted by Crippen LogP contribution is 2.32. The summed E-state index contributed by atoms with van der Waals surface area (Å²) in [6.07, 6.45) is 3.24. The topological polar surface area (TPSA) is 38.7 Å². The van der Waals surface area contributed by atoms with Gasteiger partial charge in [-0.1, -0.05) is 26.0 Å². The highest BCUT2D eigenvalue weighted by Gasteiger charge is 2.29. The zero-order valence-electron chi connectivity index (χ0n) is 10.4. The summed E-state index contributed by atoms with van der Waals surface area (Å²) in [7, 11) is 0. The van der Waals surface area contributed by atoms with Gasteiger partial charge in [-0.05, 0) is 25.0 Å². The predicted octanol–water partition coefficient (Wildman–Crippen LogP) is 3.38. The second kappa shape index (κ2) is 5.52. The summed E-state index contributed by atoms with van der Waals surface area (Å²) in [5.41, 5.74) is 0.972. The summed E-state index contributed by atoms with van der Waals surface area (Å²) in [6, 6.07) is 7.03. The molecule has 1 fully saturated rings. The highest BCUT2D eigenvalue weighted by atomic mass is 16.7. The lowest BCUT2D eigenvalue weighted by atomic mass is 10.0. The minimum absolute atomic E-state index is 0.267. The van der Waals surface area contributed by atoms with Crippen molar-refractivity contribution in [1.82, 2.24) is 0 Å². The average molecular weight is 236 g/mol. The number of hydrogen-bond donors (Lipinski definition) is 1. The maximum absolute atomic E-state index is 9.27. The molecule has 0 saturated carbocycles. The Morgan fingerprint density at radius 3 is 2.06 bits per heavy atom. The van der Waals surface area contributed by atoms with E-state index >= 15 is 0 Å². The van der Waals surface area contributed by atoms with Crippen LogP contribution in [0.3, 0.4) is 0 Å². The Labute approximate surface area is 102 Å². The molecule has 0 bridgehead atoms. The normalized spacial score (nSPS) is 29.2. The van der Waals surface area contributed by atoms with Crippen molar-refractivity contribution in [3.05, 3.63) is 29.8 Å². The fourth-order valence-corrected chi connectivity index (χ4v) is 2.10. The molecular weight excluding hydrogens is 216 g/mol. The molecule has 0 amide bonds. The molecule has 2 atom stereocenters. The summed E-state index contributed by atoms with van der Waals surface area (Å²) in [6.45, 7) is 4.27. The average Bonchev–Trinajstić information content (AvgIpc) is 2.39. The summed E-state index contributed by atoms with van der Waals surface area (Å²) >= 11 is 0. The molecule has 0 spiro atoms. The van der Waals surface area contributed by atoms with Gasteiger partial charge >= 0.3 is 0 Å². The fourth-order valence-electron chi connectivity index (χ4n) is 2.10. The van der Waals surface area contributed by atoms with E-state index in [0.29, 0.717) is 0 Å². The Hall–Kier alpha value is -1.06. The first-order valence-electron chi connectivity index (χ1n) is 6.32. The Morgan fingerprint density at radius 1 is 1.06 bits per heavy atom. The van der Waals surface area contributed by atoms with Gasteiger partial charge in [-0.25, -0.2) is 0 Å². The van der Waals surface area contributed by atoms with Crippen LogP contribution in [0.1, 0.15) is 45.0 Å². The van der Waals surface area contributed by atoms with E-state index in [2.05, 4.69) is 13.8 Å². The second-order valence-electron chi connectivity index (χ2n) is 4.49.